The Morgan fingerprint density at radius 1 is 1.12 bits per heavy atom. The Morgan fingerprint density at radius 3 is 2.52 bits per heavy atom. The summed E-state index contributed by atoms with van der Waals surface area (Å²) in [5, 5.41) is 2.83. The number of likely N-dealkylation sites (N-methyl/N-ethyl adjacent to an activating group) is 1. The Labute approximate surface area is 150 Å². The van der Waals surface area contributed by atoms with Crippen LogP contribution in [0.25, 0.3) is 0 Å². The van der Waals surface area contributed by atoms with Gasteiger partial charge in [0.15, 0.2) is 0 Å². The first kappa shape index (κ1) is 18.4. The largest absolute Gasteiger partial charge is 0.379 e. The summed E-state index contributed by atoms with van der Waals surface area (Å²) in [4.78, 5) is 14.1. The lowest BCUT2D eigenvalue weighted by Gasteiger charge is -2.28. The van der Waals surface area contributed by atoms with Gasteiger partial charge in [-0.3, -0.25) is 9.69 Å². The van der Waals surface area contributed by atoms with Crippen LogP contribution in [-0.2, 0) is 27.1 Å². The zero-order valence-electron chi connectivity index (χ0n) is 15.2. The third-order valence-electron chi connectivity index (χ3n) is 4.99. The summed E-state index contributed by atoms with van der Waals surface area (Å²) in [5.41, 5.74) is 2.35. The number of amides is 1. The maximum absolute atomic E-state index is 11.6. The van der Waals surface area contributed by atoms with Crippen LogP contribution >= 0.6 is 0 Å². The van der Waals surface area contributed by atoms with Crippen LogP contribution in [0, 0.1) is 0 Å². The molecule has 25 heavy (non-hydrogen) atoms. The zero-order chi connectivity index (χ0) is 17.5. The Hall–Kier alpha value is -1.43. The lowest BCUT2D eigenvalue weighted by atomic mass is 10.0. The van der Waals surface area contributed by atoms with Gasteiger partial charge in [-0.2, -0.15) is 0 Å². The lowest BCUT2D eigenvalue weighted by molar-refractivity contribution is -0.120. The molecule has 0 aromatic heterocycles. The molecule has 5 nitrogen and oxygen atoms in total. The van der Waals surface area contributed by atoms with Gasteiger partial charge in [-0.25, -0.2) is 0 Å². The molecule has 2 heterocycles. The monoisotopic (exact) mass is 346 g/mol. The molecule has 0 unspecified atom stereocenters. The summed E-state index contributed by atoms with van der Waals surface area (Å²) >= 11 is 0. The number of morpholine rings is 1. The standard InChI is InChI=1S/C20H30N2O3/c1-2-21-20(23)14-17-5-3-16(4-6-17)13-18-7-8-19(25-18)15-22-9-11-24-12-10-22/h3-6,18-19H,2,7-15H2,1H3,(H,21,23)/t18-,19+/m0/s1. The zero-order valence-corrected chi connectivity index (χ0v) is 15.2. The molecular formula is C20H30N2O3. The van der Waals surface area contributed by atoms with E-state index in [4.69, 9.17) is 9.47 Å². The minimum atomic E-state index is 0.0836. The van der Waals surface area contributed by atoms with E-state index in [1.165, 1.54) is 5.56 Å². The van der Waals surface area contributed by atoms with Gasteiger partial charge in [-0.15, -0.1) is 0 Å². The number of nitrogens with one attached hydrogen (secondary N) is 1. The van der Waals surface area contributed by atoms with E-state index in [0.717, 1.165) is 57.7 Å². The van der Waals surface area contributed by atoms with Crippen molar-refractivity contribution in [1.29, 1.82) is 0 Å². The fourth-order valence-corrected chi connectivity index (χ4v) is 3.64. The van der Waals surface area contributed by atoms with E-state index in [1.807, 2.05) is 6.92 Å². The van der Waals surface area contributed by atoms with Crippen LogP contribution in [-0.4, -0.2) is 62.4 Å². The average Bonchev–Trinajstić information content (AvgIpc) is 3.05. The Morgan fingerprint density at radius 2 is 1.80 bits per heavy atom. The first-order valence-electron chi connectivity index (χ1n) is 9.53. The van der Waals surface area contributed by atoms with Gasteiger partial charge in [0.25, 0.3) is 0 Å². The van der Waals surface area contributed by atoms with E-state index in [2.05, 4.69) is 34.5 Å². The van der Waals surface area contributed by atoms with Crippen LogP contribution in [0.2, 0.25) is 0 Å². The summed E-state index contributed by atoms with van der Waals surface area (Å²) in [6.07, 6.45) is 4.38. The van der Waals surface area contributed by atoms with E-state index in [9.17, 15) is 4.79 Å². The molecule has 0 spiro atoms. The summed E-state index contributed by atoms with van der Waals surface area (Å²) in [6.45, 7) is 7.40. The number of hydrogen-bond acceptors (Lipinski definition) is 4. The van der Waals surface area contributed by atoms with Gasteiger partial charge in [0.2, 0.25) is 5.91 Å². The summed E-state index contributed by atoms with van der Waals surface area (Å²) in [6, 6.07) is 8.38. The first-order valence-corrected chi connectivity index (χ1v) is 9.53. The molecule has 2 atom stereocenters. The molecule has 3 rings (SSSR count). The lowest BCUT2D eigenvalue weighted by Crippen LogP contribution is -2.41. The van der Waals surface area contributed by atoms with Gasteiger partial charge in [0.05, 0.1) is 31.8 Å². The van der Waals surface area contributed by atoms with Crippen LogP contribution < -0.4 is 5.32 Å². The van der Waals surface area contributed by atoms with Crippen molar-refractivity contribution in [1.82, 2.24) is 10.2 Å². The molecule has 5 heteroatoms. The van der Waals surface area contributed by atoms with E-state index in [-0.39, 0.29) is 5.91 Å². The van der Waals surface area contributed by atoms with Crippen LogP contribution in [0.5, 0.6) is 0 Å². The number of benzene rings is 1. The summed E-state index contributed by atoms with van der Waals surface area (Å²) in [5.74, 6) is 0.0836. The normalized spacial score (nSPS) is 24.4. The van der Waals surface area contributed by atoms with Crippen molar-refractivity contribution in [2.45, 2.75) is 44.8 Å². The number of ether oxygens (including phenoxy) is 2. The fourth-order valence-electron chi connectivity index (χ4n) is 3.64. The quantitative estimate of drug-likeness (QED) is 0.818. The van der Waals surface area contributed by atoms with Gasteiger partial charge in [0.1, 0.15) is 0 Å². The Balaban J connectivity index is 1.42. The van der Waals surface area contributed by atoms with Crippen molar-refractivity contribution in [3.8, 4) is 0 Å². The predicted octanol–water partition coefficient (Wildman–Crippen LogP) is 1.79. The number of carbonyl (C=O) groups is 1. The van der Waals surface area contributed by atoms with Crippen molar-refractivity contribution in [2.24, 2.45) is 0 Å². The minimum Gasteiger partial charge on any atom is -0.379 e. The predicted molar refractivity (Wildman–Crippen MR) is 97.7 cm³/mol. The molecule has 1 amide bonds. The number of nitrogens with zero attached hydrogens (tertiary/aromatic N) is 1. The third kappa shape index (κ3) is 5.80. The summed E-state index contributed by atoms with van der Waals surface area (Å²) in [7, 11) is 0. The second-order valence-corrected chi connectivity index (χ2v) is 7.02. The molecule has 0 radical (unpaired) electrons. The molecular weight excluding hydrogens is 316 g/mol. The molecule has 2 aliphatic heterocycles. The highest BCUT2D eigenvalue weighted by atomic mass is 16.5. The van der Waals surface area contributed by atoms with E-state index >= 15 is 0 Å². The average molecular weight is 346 g/mol. The maximum Gasteiger partial charge on any atom is 0.224 e. The molecule has 0 bridgehead atoms. The van der Waals surface area contributed by atoms with E-state index in [1.54, 1.807) is 0 Å². The number of hydrogen-bond donors (Lipinski definition) is 1. The molecule has 0 saturated carbocycles. The maximum atomic E-state index is 11.6. The fraction of sp³-hybridized carbons (Fsp3) is 0.650. The first-order chi connectivity index (χ1) is 12.2. The Kier molecular flexibility index (Phi) is 6.84. The van der Waals surface area contributed by atoms with Gasteiger partial charge in [-0.1, -0.05) is 24.3 Å². The van der Waals surface area contributed by atoms with Gasteiger partial charge in [0, 0.05) is 26.2 Å². The van der Waals surface area contributed by atoms with Gasteiger partial charge in [-0.05, 0) is 37.3 Å². The molecule has 2 fully saturated rings. The van der Waals surface area contributed by atoms with Crippen LogP contribution in [0.4, 0.5) is 0 Å². The smallest absolute Gasteiger partial charge is 0.224 e. The SMILES string of the molecule is CCNC(=O)Cc1ccc(C[C@@H]2CC[C@H](CN3CCOCC3)O2)cc1. The minimum absolute atomic E-state index is 0.0836. The second-order valence-electron chi connectivity index (χ2n) is 7.02. The van der Waals surface area contributed by atoms with Crippen molar-refractivity contribution in [3.05, 3.63) is 35.4 Å². The van der Waals surface area contributed by atoms with E-state index < -0.39 is 0 Å². The molecule has 2 aliphatic rings. The van der Waals surface area contributed by atoms with Gasteiger partial charge < -0.3 is 14.8 Å². The van der Waals surface area contributed by atoms with Crippen LogP contribution in [0.1, 0.15) is 30.9 Å². The Bertz CT molecular complexity index is 540. The third-order valence-corrected chi connectivity index (χ3v) is 4.99. The molecule has 138 valence electrons. The topological polar surface area (TPSA) is 50.8 Å². The van der Waals surface area contributed by atoms with Gasteiger partial charge >= 0.3 is 0 Å². The summed E-state index contributed by atoms with van der Waals surface area (Å²) < 4.78 is 11.7. The molecule has 0 aliphatic carbocycles. The molecule has 1 aromatic rings. The molecule has 1 N–H and O–H groups in total. The highest BCUT2D eigenvalue weighted by molar-refractivity contribution is 5.78. The van der Waals surface area contributed by atoms with Crippen molar-refractivity contribution < 1.29 is 14.3 Å². The second kappa shape index (κ2) is 9.32. The van der Waals surface area contributed by atoms with Crippen LogP contribution in [0.15, 0.2) is 24.3 Å². The molecule has 1 aromatic carbocycles. The number of rotatable bonds is 7. The highest BCUT2D eigenvalue weighted by Crippen LogP contribution is 2.24. The van der Waals surface area contributed by atoms with E-state index in [0.29, 0.717) is 25.2 Å². The van der Waals surface area contributed by atoms with Crippen molar-refractivity contribution in [2.75, 3.05) is 39.4 Å². The highest BCUT2D eigenvalue weighted by Gasteiger charge is 2.27. The number of carbonyl (C=O) groups excluding carboxylic acids is 1. The van der Waals surface area contributed by atoms with Crippen molar-refractivity contribution >= 4 is 5.91 Å². The van der Waals surface area contributed by atoms with Crippen LogP contribution in [0.3, 0.4) is 0 Å². The van der Waals surface area contributed by atoms with Crippen molar-refractivity contribution in [3.63, 3.8) is 0 Å². The molecule has 2 saturated heterocycles.